The van der Waals surface area contributed by atoms with E-state index in [9.17, 15) is 0 Å². The van der Waals surface area contributed by atoms with Crippen molar-refractivity contribution in [2.75, 3.05) is 11.5 Å². The molecule has 1 aliphatic rings. The van der Waals surface area contributed by atoms with Crippen LogP contribution < -0.4 is 16.2 Å². The number of fused-ring (bicyclic) bond motifs is 1. The van der Waals surface area contributed by atoms with Crippen molar-refractivity contribution in [3.05, 3.63) is 11.1 Å². The van der Waals surface area contributed by atoms with E-state index in [-0.39, 0.29) is 17.5 Å². The van der Waals surface area contributed by atoms with Crippen LogP contribution in [0.25, 0.3) is 0 Å². The highest BCUT2D eigenvalue weighted by atomic mass is 16.5. The van der Waals surface area contributed by atoms with Crippen molar-refractivity contribution < 1.29 is 4.74 Å². The Morgan fingerprint density at radius 2 is 2.29 bits per heavy atom. The van der Waals surface area contributed by atoms with Crippen LogP contribution in [-0.4, -0.2) is 11.1 Å². The topological polar surface area (TPSA) is 98.0 Å². The molecule has 0 radical (unpaired) electrons. The van der Waals surface area contributed by atoms with Gasteiger partial charge in [0.1, 0.15) is 23.6 Å². The highest BCUT2D eigenvalue weighted by molar-refractivity contribution is 5.71. The predicted octanol–water partition coefficient (Wildman–Crippen LogP) is 1.61. The number of nitrogen functional groups attached to an aromatic ring is 2. The lowest BCUT2D eigenvalue weighted by molar-refractivity contribution is 0.211. The average Bonchev–Trinajstić information content (AvgIpc) is 2.70. The molecule has 4 N–H and O–H groups in total. The van der Waals surface area contributed by atoms with Crippen molar-refractivity contribution in [3.8, 4) is 11.9 Å². The summed E-state index contributed by atoms with van der Waals surface area (Å²) in [5.74, 6) is 0.653. The van der Waals surface area contributed by atoms with E-state index >= 15 is 0 Å². The highest BCUT2D eigenvalue weighted by Crippen LogP contribution is 2.36. The lowest BCUT2D eigenvalue weighted by Gasteiger charge is -2.08. The monoisotopic (exact) mass is 232 g/mol. The van der Waals surface area contributed by atoms with Gasteiger partial charge in [0.05, 0.1) is 5.69 Å². The number of nitrogens with zero attached hydrogens (tertiary/aromatic N) is 2. The van der Waals surface area contributed by atoms with Gasteiger partial charge in [-0.25, -0.2) is 0 Å². The van der Waals surface area contributed by atoms with Crippen LogP contribution >= 0.6 is 0 Å². The van der Waals surface area contributed by atoms with Gasteiger partial charge >= 0.3 is 0 Å². The van der Waals surface area contributed by atoms with Gasteiger partial charge in [0.15, 0.2) is 0 Å². The van der Waals surface area contributed by atoms with Crippen LogP contribution in [-0.2, 0) is 6.42 Å². The van der Waals surface area contributed by atoms with Gasteiger partial charge in [0.2, 0.25) is 5.88 Å². The van der Waals surface area contributed by atoms with Crippen molar-refractivity contribution in [2.24, 2.45) is 0 Å². The van der Waals surface area contributed by atoms with Crippen LogP contribution in [0.15, 0.2) is 0 Å². The lowest BCUT2D eigenvalue weighted by Crippen LogP contribution is -2.12. The van der Waals surface area contributed by atoms with Gasteiger partial charge in [-0.3, -0.25) is 0 Å². The first-order valence-corrected chi connectivity index (χ1v) is 5.82. The van der Waals surface area contributed by atoms with Crippen molar-refractivity contribution in [1.29, 1.82) is 5.26 Å². The molecule has 2 rings (SSSR count). The minimum atomic E-state index is 0.119. The van der Waals surface area contributed by atoms with Crippen molar-refractivity contribution in [1.82, 2.24) is 4.98 Å². The van der Waals surface area contributed by atoms with Crippen LogP contribution in [0.4, 0.5) is 11.5 Å². The number of rotatable bonds is 3. The zero-order valence-electron chi connectivity index (χ0n) is 9.86. The number of aromatic nitrogens is 1. The van der Waals surface area contributed by atoms with E-state index in [2.05, 4.69) is 11.9 Å². The van der Waals surface area contributed by atoms with Crippen LogP contribution in [0, 0.1) is 11.3 Å². The van der Waals surface area contributed by atoms with E-state index < -0.39 is 0 Å². The summed E-state index contributed by atoms with van der Waals surface area (Å²) in [6.45, 7) is 2.14. The smallest absolute Gasteiger partial charge is 0.221 e. The Hall–Kier alpha value is -1.96. The summed E-state index contributed by atoms with van der Waals surface area (Å²) in [5.41, 5.74) is 13.1. The van der Waals surface area contributed by atoms with Crippen molar-refractivity contribution >= 4 is 11.5 Å². The molecule has 2 heterocycles. The summed E-state index contributed by atoms with van der Waals surface area (Å²) in [6.07, 6.45) is 4.06. The minimum absolute atomic E-state index is 0.119. The number of unbranched alkanes of at least 4 members (excludes halogenated alkanes) is 1. The van der Waals surface area contributed by atoms with Gasteiger partial charge in [-0.05, 0) is 6.42 Å². The standard InChI is InChI=1S/C12H16N4O/c1-2-3-4-7-5-8-10(14)9(6-13)11(15)16-12(8)17-7/h7H,2-5H2,1H3,(H4,14,15,16). The number of pyridine rings is 1. The molecule has 5 nitrogen and oxygen atoms in total. The number of hydrogen-bond donors (Lipinski definition) is 2. The van der Waals surface area contributed by atoms with Gasteiger partial charge in [0, 0.05) is 12.0 Å². The maximum atomic E-state index is 8.95. The molecule has 1 atom stereocenters. The average molecular weight is 232 g/mol. The van der Waals surface area contributed by atoms with Crippen LogP contribution in [0.3, 0.4) is 0 Å². The fourth-order valence-corrected chi connectivity index (χ4v) is 2.07. The first-order chi connectivity index (χ1) is 8.17. The number of nitrogens with two attached hydrogens (primary N) is 2. The predicted molar refractivity (Wildman–Crippen MR) is 65.4 cm³/mol. The summed E-state index contributed by atoms with van der Waals surface area (Å²) in [7, 11) is 0. The zero-order chi connectivity index (χ0) is 12.4. The summed E-state index contributed by atoms with van der Waals surface area (Å²) >= 11 is 0. The summed E-state index contributed by atoms with van der Waals surface area (Å²) in [4.78, 5) is 4.10. The van der Waals surface area contributed by atoms with E-state index in [1.807, 2.05) is 6.07 Å². The maximum absolute atomic E-state index is 8.95. The summed E-state index contributed by atoms with van der Waals surface area (Å²) < 4.78 is 5.69. The third-order valence-electron chi connectivity index (χ3n) is 3.03. The molecule has 0 spiro atoms. The second-order valence-electron chi connectivity index (χ2n) is 4.27. The molecule has 1 aromatic heterocycles. The minimum Gasteiger partial charge on any atom is -0.474 e. The highest BCUT2D eigenvalue weighted by Gasteiger charge is 2.28. The molecule has 0 amide bonds. The SMILES string of the molecule is CCCCC1Cc2c(nc(N)c(C#N)c2N)O1. The molecule has 17 heavy (non-hydrogen) atoms. The molecular weight excluding hydrogens is 216 g/mol. The Balaban J connectivity index is 2.27. The number of anilines is 2. The normalized spacial score (nSPS) is 17.3. The van der Waals surface area contributed by atoms with Crippen LogP contribution in [0.2, 0.25) is 0 Å². The van der Waals surface area contributed by atoms with Gasteiger partial charge < -0.3 is 16.2 Å². The summed E-state index contributed by atoms with van der Waals surface area (Å²) in [5, 5.41) is 8.95. The molecule has 0 aliphatic carbocycles. The van der Waals surface area contributed by atoms with Crippen molar-refractivity contribution in [3.63, 3.8) is 0 Å². The molecule has 5 heteroatoms. The Morgan fingerprint density at radius 1 is 1.53 bits per heavy atom. The first kappa shape index (κ1) is 11.5. The molecule has 0 fully saturated rings. The Kier molecular flexibility index (Phi) is 3.05. The molecule has 0 bridgehead atoms. The van der Waals surface area contributed by atoms with Gasteiger partial charge in [-0.2, -0.15) is 10.2 Å². The van der Waals surface area contributed by atoms with E-state index in [0.29, 0.717) is 11.6 Å². The van der Waals surface area contributed by atoms with E-state index in [4.69, 9.17) is 21.5 Å². The van der Waals surface area contributed by atoms with E-state index in [1.54, 1.807) is 0 Å². The van der Waals surface area contributed by atoms with E-state index in [1.165, 1.54) is 0 Å². The van der Waals surface area contributed by atoms with Gasteiger partial charge in [-0.15, -0.1) is 0 Å². The van der Waals surface area contributed by atoms with E-state index in [0.717, 1.165) is 31.2 Å². The Morgan fingerprint density at radius 3 is 2.94 bits per heavy atom. The fourth-order valence-electron chi connectivity index (χ4n) is 2.07. The van der Waals surface area contributed by atoms with Gasteiger partial charge in [-0.1, -0.05) is 19.8 Å². The largest absolute Gasteiger partial charge is 0.474 e. The number of hydrogen-bond acceptors (Lipinski definition) is 5. The molecule has 0 saturated carbocycles. The van der Waals surface area contributed by atoms with Crippen LogP contribution in [0.1, 0.15) is 37.3 Å². The quantitative estimate of drug-likeness (QED) is 0.825. The molecule has 0 aromatic carbocycles. The Labute approximate surface area is 100 Å². The molecule has 90 valence electrons. The molecule has 1 aliphatic heterocycles. The number of nitriles is 1. The second kappa shape index (κ2) is 4.50. The second-order valence-corrected chi connectivity index (χ2v) is 4.27. The fraction of sp³-hybridized carbons (Fsp3) is 0.500. The third kappa shape index (κ3) is 1.98. The molecule has 1 aromatic rings. The maximum Gasteiger partial charge on any atom is 0.221 e. The summed E-state index contributed by atoms with van der Waals surface area (Å²) in [6, 6.07) is 1.98. The third-order valence-corrected chi connectivity index (χ3v) is 3.03. The van der Waals surface area contributed by atoms with Gasteiger partial charge in [0.25, 0.3) is 0 Å². The molecular formula is C12H16N4O. The first-order valence-electron chi connectivity index (χ1n) is 5.82. The lowest BCUT2D eigenvalue weighted by atomic mass is 10.0. The molecule has 0 saturated heterocycles. The Bertz CT molecular complexity index is 478. The van der Waals surface area contributed by atoms with Crippen LogP contribution in [0.5, 0.6) is 5.88 Å². The molecule has 1 unspecified atom stereocenters. The number of ether oxygens (including phenoxy) is 1. The van der Waals surface area contributed by atoms with Crippen molar-refractivity contribution in [2.45, 2.75) is 38.7 Å². The zero-order valence-corrected chi connectivity index (χ0v) is 9.86.